The van der Waals surface area contributed by atoms with Crippen molar-refractivity contribution < 1.29 is 4.79 Å². The molecule has 0 bridgehead atoms. The van der Waals surface area contributed by atoms with Crippen molar-refractivity contribution >= 4 is 34.1 Å². The highest BCUT2D eigenvalue weighted by Gasteiger charge is 2.22. The molecule has 23 heavy (non-hydrogen) atoms. The van der Waals surface area contributed by atoms with E-state index in [4.69, 9.17) is 11.6 Å². The SMILES string of the molecule is O=C(Cn1ccc2cc(Cl)ccc21)N1CCCc2ccccc21. The average Bonchev–Trinajstić information content (AvgIpc) is 2.96. The lowest BCUT2D eigenvalue weighted by Crippen LogP contribution is -2.37. The van der Waals surface area contributed by atoms with E-state index in [1.807, 2.05) is 58.1 Å². The van der Waals surface area contributed by atoms with Gasteiger partial charge < -0.3 is 9.47 Å². The molecule has 4 rings (SSSR count). The normalized spacial score (nSPS) is 14.0. The van der Waals surface area contributed by atoms with Gasteiger partial charge in [0.05, 0.1) is 0 Å². The molecule has 1 aliphatic heterocycles. The molecule has 0 fully saturated rings. The molecule has 3 nitrogen and oxygen atoms in total. The first-order valence-electron chi connectivity index (χ1n) is 7.85. The Balaban J connectivity index is 1.63. The predicted octanol–water partition coefficient (Wildman–Crippen LogP) is 4.27. The van der Waals surface area contributed by atoms with Gasteiger partial charge in [0, 0.05) is 34.4 Å². The molecule has 0 spiro atoms. The number of carbonyl (C=O) groups is 1. The zero-order chi connectivity index (χ0) is 15.8. The van der Waals surface area contributed by atoms with Gasteiger partial charge >= 0.3 is 0 Å². The number of aromatic nitrogens is 1. The average molecular weight is 325 g/mol. The van der Waals surface area contributed by atoms with E-state index in [2.05, 4.69) is 6.07 Å². The van der Waals surface area contributed by atoms with Crippen molar-refractivity contribution in [2.45, 2.75) is 19.4 Å². The molecule has 1 aromatic heterocycles. The Morgan fingerprint density at radius 1 is 1.13 bits per heavy atom. The van der Waals surface area contributed by atoms with Gasteiger partial charge in [-0.1, -0.05) is 29.8 Å². The number of anilines is 1. The van der Waals surface area contributed by atoms with Crippen LogP contribution in [0.5, 0.6) is 0 Å². The second-order valence-corrected chi connectivity index (χ2v) is 6.36. The number of nitrogens with zero attached hydrogens (tertiary/aromatic N) is 2. The van der Waals surface area contributed by atoms with Crippen LogP contribution in [0.3, 0.4) is 0 Å². The van der Waals surface area contributed by atoms with Crippen LogP contribution in [0, 0.1) is 0 Å². The smallest absolute Gasteiger partial charge is 0.246 e. The number of carbonyl (C=O) groups excluding carboxylic acids is 1. The molecule has 116 valence electrons. The molecule has 1 amide bonds. The van der Waals surface area contributed by atoms with Gasteiger partial charge in [0.1, 0.15) is 6.54 Å². The Labute approximate surface area is 140 Å². The fourth-order valence-corrected chi connectivity index (χ4v) is 3.51. The summed E-state index contributed by atoms with van der Waals surface area (Å²) in [6.45, 7) is 1.14. The number of aryl methyl sites for hydroxylation is 1. The van der Waals surface area contributed by atoms with Crippen molar-refractivity contribution in [2.75, 3.05) is 11.4 Å². The van der Waals surface area contributed by atoms with Gasteiger partial charge in [-0.05, 0) is 48.7 Å². The Bertz CT molecular complexity index is 884. The summed E-state index contributed by atoms with van der Waals surface area (Å²) in [5.74, 6) is 0.129. The molecule has 0 radical (unpaired) electrons. The maximum atomic E-state index is 12.8. The first-order valence-corrected chi connectivity index (χ1v) is 8.23. The van der Waals surface area contributed by atoms with Gasteiger partial charge in [-0.15, -0.1) is 0 Å². The number of fused-ring (bicyclic) bond motifs is 2. The minimum Gasteiger partial charge on any atom is -0.338 e. The summed E-state index contributed by atoms with van der Waals surface area (Å²) >= 11 is 6.03. The third kappa shape index (κ3) is 2.62. The molecule has 0 atom stereocenters. The molecule has 2 heterocycles. The van der Waals surface area contributed by atoms with Crippen LogP contribution in [0.4, 0.5) is 5.69 Å². The van der Waals surface area contributed by atoms with Crippen LogP contribution in [0.2, 0.25) is 5.02 Å². The molecule has 0 aliphatic carbocycles. The summed E-state index contributed by atoms with van der Waals surface area (Å²) in [7, 11) is 0. The molecule has 0 unspecified atom stereocenters. The Morgan fingerprint density at radius 2 is 2.00 bits per heavy atom. The van der Waals surface area contributed by atoms with Gasteiger partial charge in [0.2, 0.25) is 5.91 Å². The first kappa shape index (κ1) is 14.3. The zero-order valence-electron chi connectivity index (χ0n) is 12.7. The molecule has 1 aliphatic rings. The topological polar surface area (TPSA) is 25.2 Å². The van der Waals surface area contributed by atoms with Gasteiger partial charge in [0.15, 0.2) is 0 Å². The van der Waals surface area contributed by atoms with Crippen LogP contribution in [0.1, 0.15) is 12.0 Å². The minimum atomic E-state index is 0.129. The number of benzene rings is 2. The maximum Gasteiger partial charge on any atom is 0.246 e. The van der Waals surface area contributed by atoms with E-state index >= 15 is 0 Å². The highest BCUT2D eigenvalue weighted by Crippen LogP contribution is 2.27. The lowest BCUT2D eigenvalue weighted by Gasteiger charge is -2.29. The molecular formula is C19H17ClN2O. The van der Waals surface area contributed by atoms with Crippen molar-refractivity contribution in [1.29, 1.82) is 0 Å². The van der Waals surface area contributed by atoms with Crippen LogP contribution in [0.25, 0.3) is 10.9 Å². The number of hydrogen-bond donors (Lipinski definition) is 0. The van der Waals surface area contributed by atoms with Gasteiger partial charge in [-0.3, -0.25) is 4.79 Å². The van der Waals surface area contributed by atoms with E-state index in [1.165, 1.54) is 5.56 Å². The van der Waals surface area contributed by atoms with Crippen LogP contribution in [-0.4, -0.2) is 17.0 Å². The van der Waals surface area contributed by atoms with Crippen molar-refractivity contribution in [3.05, 3.63) is 65.3 Å². The number of halogens is 1. The van der Waals surface area contributed by atoms with Crippen LogP contribution in [-0.2, 0) is 17.8 Å². The number of rotatable bonds is 2. The van der Waals surface area contributed by atoms with Gasteiger partial charge in [-0.25, -0.2) is 0 Å². The standard InChI is InChI=1S/C19H17ClN2O/c20-16-7-8-17-15(12-16)9-11-21(17)13-19(23)22-10-3-5-14-4-1-2-6-18(14)22/h1-2,4,6-9,11-12H,3,5,10,13H2. The highest BCUT2D eigenvalue weighted by atomic mass is 35.5. The lowest BCUT2D eigenvalue weighted by molar-refractivity contribution is -0.119. The number of para-hydroxylation sites is 1. The van der Waals surface area contributed by atoms with Crippen molar-refractivity contribution in [1.82, 2.24) is 4.57 Å². The third-order valence-corrected chi connectivity index (χ3v) is 4.69. The summed E-state index contributed by atoms with van der Waals surface area (Å²) in [6.07, 6.45) is 4.02. The molecular weight excluding hydrogens is 308 g/mol. The largest absolute Gasteiger partial charge is 0.338 e. The van der Waals surface area contributed by atoms with Crippen molar-refractivity contribution in [3.63, 3.8) is 0 Å². The fraction of sp³-hybridized carbons (Fsp3) is 0.211. The lowest BCUT2D eigenvalue weighted by atomic mass is 10.0. The molecule has 4 heteroatoms. The van der Waals surface area contributed by atoms with Gasteiger partial charge in [-0.2, -0.15) is 0 Å². The van der Waals surface area contributed by atoms with E-state index in [1.54, 1.807) is 0 Å². The number of hydrogen-bond acceptors (Lipinski definition) is 1. The zero-order valence-corrected chi connectivity index (χ0v) is 13.5. The van der Waals surface area contributed by atoms with E-state index in [9.17, 15) is 4.79 Å². The maximum absolute atomic E-state index is 12.8. The Hall–Kier alpha value is -2.26. The van der Waals surface area contributed by atoms with Crippen LogP contribution >= 0.6 is 11.6 Å². The summed E-state index contributed by atoms with van der Waals surface area (Å²) < 4.78 is 1.99. The van der Waals surface area contributed by atoms with Crippen molar-refractivity contribution in [2.24, 2.45) is 0 Å². The quantitative estimate of drug-likeness (QED) is 0.691. The van der Waals surface area contributed by atoms with Crippen molar-refractivity contribution in [3.8, 4) is 0 Å². The number of amides is 1. The predicted molar refractivity (Wildman–Crippen MR) is 94.1 cm³/mol. The Morgan fingerprint density at radius 3 is 2.91 bits per heavy atom. The minimum absolute atomic E-state index is 0.129. The summed E-state index contributed by atoms with van der Waals surface area (Å²) in [5.41, 5.74) is 3.35. The highest BCUT2D eigenvalue weighted by molar-refractivity contribution is 6.31. The molecule has 0 saturated heterocycles. The molecule has 3 aromatic rings. The second kappa shape index (κ2) is 5.74. The van der Waals surface area contributed by atoms with E-state index < -0.39 is 0 Å². The van der Waals surface area contributed by atoms with Gasteiger partial charge in [0.25, 0.3) is 0 Å². The third-order valence-electron chi connectivity index (χ3n) is 4.45. The summed E-state index contributed by atoms with van der Waals surface area (Å²) in [4.78, 5) is 14.7. The van der Waals surface area contributed by atoms with E-state index in [-0.39, 0.29) is 5.91 Å². The second-order valence-electron chi connectivity index (χ2n) is 5.92. The molecule has 0 N–H and O–H groups in total. The van der Waals surface area contributed by atoms with Crippen LogP contribution < -0.4 is 4.90 Å². The summed E-state index contributed by atoms with van der Waals surface area (Å²) in [5, 5.41) is 1.77. The molecule has 0 saturated carbocycles. The van der Waals surface area contributed by atoms with Crippen LogP contribution in [0.15, 0.2) is 54.7 Å². The first-order chi connectivity index (χ1) is 11.2. The van der Waals surface area contributed by atoms with E-state index in [0.29, 0.717) is 11.6 Å². The molecule has 2 aromatic carbocycles. The fourth-order valence-electron chi connectivity index (χ4n) is 3.33. The Kier molecular flexibility index (Phi) is 3.58. The van der Waals surface area contributed by atoms with E-state index in [0.717, 1.165) is 36.0 Å². The monoisotopic (exact) mass is 324 g/mol. The summed E-state index contributed by atoms with van der Waals surface area (Å²) in [6, 6.07) is 15.9.